The number of H-pyrrole nitrogens is 1. The summed E-state index contributed by atoms with van der Waals surface area (Å²) in [6.45, 7) is 0. The van der Waals surface area contributed by atoms with Crippen molar-refractivity contribution in [3.8, 4) is 28.4 Å². The lowest BCUT2D eigenvalue weighted by Gasteiger charge is -2.02. The molecular formula is C15H11BrN2O. The number of nitrogens with one attached hydrogen (secondary N) is 1. The van der Waals surface area contributed by atoms with Gasteiger partial charge in [0.2, 0.25) is 0 Å². The number of hydrogen-bond acceptors (Lipinski definition) is 2. The summed E-state index contributed by atoms with van der Waals surface area (Å²) >= 11 is 3.39. The van der Waals surface area contributed by atoms with Crippen LogP contribution in [0.3, 0.4) is 0 Å². The SMILES string of the molecule is Oc1ccc(Br)cc1-c1ncc(-c2ccccc2)[nH]1. The number of benzene rings is 2. The van der Waals surface area contributed by atoms with Gasteiger partial charge in [0.25, 0.3) is 0 Å². The van der Waals surface area contributed by atoms with Crippen LogP contribution < -0.4 is 0 Å². The Bertz CT molecular complexity index is 707. The number of imidazole rings is 1. The van der Waals surface area contributed by atoms with E-state index in [1.54, 1.807) is 18.3 Å². The number of nitrogens with zero attached hydrogens (tertiary/aromatic N) is 1. The van der Waals surface area contributed by atoms with Crippen LogP contribution in [0.5, 0.6) is 5.75 Å². The van der Waals surface area contributed by atoms with E-state index < -0.39 is 0 Å². The summed E-state index contributed by atoms with van der Waals surface area (Å²) in [7, 11) is 0. The Morgan fingerprint density at radius 3 is 2.63 bits per heavy atom. The summed E-state index contributed by atoms with van der Waals surface area (Å²) in [5, 5.41) is 9.89. The van der Waals surface area contributed by atoms with Crippen LogP contribution in [0, 0.1) is 0 Å². The number of rotatable bonds is 2. The summed E-state index contributed by atoms with van der Waals surface area (Å²) in [6.07, 6.45) is 1.77. The minimum Gasteiger partial charge on any atom is -0.507 e. The molecule has 0 radical (unpaired) electrons. The summed E-state index contributed by atoms with van der Waals surface area (Å²) in [5.74, 6) is 0.856. The molecule has 94 valence electrons. The molecule has 0 amide bonds. The molecule has 0 fully saturated rings. The first kappa shape index (κ1) is 12.0. The lowest BCUT2D eigenvalue weighted by molar-refractivity contribution is 0.477. The van der Waals surface area contributed by atoms with Crippen molar-refractivity contribution in [2.45, 2.75) is 0 Å². The molecular weight excluding hydrogens is 304 g/mol. The number of hydrogen-bond donors (Lipinski definition) is 2. The Kier molecular flexibility index (Phi) is 3.09. The van der Waals surface area contributed by atoms with E-state index in [9.17, 15) is 5.11 Å². The van der Waals surface area contributed by atoms with Crippen molar-refractivity contribution < 1.29 is 5.11 Å². The third-order valence-electron chi connectivity index (χ3n) is 2.87. The zero-order chi connectivity index (χ0) is 13.2. The molecule has 0 unspecified atom stereocenters. The predicted molar refractivity (Wildman–Crippen MR) is 78.8 cm³/mol. The van der Waals surface area contributed by atoms with Crippen molar-refractivity contribution in [1.29, 1.82) is 0 Å². The Balaban J connectivity index is 2.04. The van der Waals surface area contributed by atoms with Crippen LogP contribution in [0.25, 0.3) is 22.6 Å². The summed E-state index contributed by atoms with van der Waals surface area (Å²) in [6, 6.07) is 15.2. The second-order valence-electron chi connectivity index (χ2n) is 4.17. The van der Waals surface area contributed by atoms with E-state index in [0.29, 0.717) is 11.4 Å². The van der Waals surface area contributed by atoms with E-state index in [1.165, 1.54) is 0 Å². The van der Waals surface area contributed by atoms with E-state index >= 15 is 0 Å². The highest BCUT2D eigenvalue weighted by molar-refractivity contribution is 9.10. The normalized spacial score (nSPS) is 10.6. The molecule has 3 nitrogen and oxygen atoms in total. The number of phenols is 1. The quantitative estimate of drug-likeness (QED) is 0.744. The van der Waals surface area contributed by atoms with Gasteiger partial charge in [-0.2, -0.15) is 0 Å². The van der Waals surface area contributed by atoms with Crippen LogP contribution in [-0.4, -0.2) is 15.1 Å². The van der Waals surface area contributed by atoms with Crippen molar-refractivity contribution in [2.24, 2.45) is 0 Å². The van der Waals surface area contributed by atoms with E-state index in [1.807, 2.05) is 36.4 Å². The molecule has 0 spiro atoms. The topological polar surface area (TPSA) is 48.9 Å². The highest BCUT2D eigenvalue weighted by Gasteiger charge is 2.09. The molecule has 0 saturated heterocycles. The van der Waals surface area contributed by atoms with Crippen LogP contribution in [0.2, 0.25) is 0 Å². The smallest absolute Gasteiger partial charge is 0.141 e. The molecule has 0 bridgehead atoms. The minimum absolute atomic E-state index is 0.206. The summed E-state index contributed by atoms with van der Waals surface area (Å²) in [5.41, 5.74) is 2.67. The molecule has 2 N–H and O–H groups in total. The molecule has 0 saturated carbocycles. The van der Waals surface area contributed by atoms with Gasteiger partial charge in [0.05, 0.1) is 17.5 Å². The molecule has 19 heavy (non-hydrogen) atoms. The molecule has 0 atom stereocenters. The Labute approximate surface area is 119 Å². The standard InChI is InChI=1S/C15H11BrN2O/c16-11-6-7-14(19)12(8-11)15-17-9-13(18-15)10-4-2-1-3-5-10/h1-9,19H,(H,17,18). The van der Waals surface area contributed by atoms with Crippen molar-refractivity contribution >= 4 is 15.9 Å². The fraction of sp³-hybridized carbons (Fsp3) is 0. The average Bonchev–Trinajstić information content (AvgIpc) is 2.92. The first-order valence-electron chi connectivity index (χ1n) is 5.83. The van der Waals surface area contributed by atoms with Crippen LogP contribution in [0.15, 0.2) is 59.2 Å². The van der Waals surface area contributed by atoms with Gasteiger partial charge >= 0.3 is 0 Å². The van der Waals surface area contributed by atoms with Crippen LogP contribution in [-0.2, 0) is 0 Å². The van der Waals surface area contributed by atoms with E-state index in [-0.39, 0.29) is 5.75 Å². The second-order valence-corrected chi connectivity index (χ2v) is 5.09. The molecule has 0 aliphatic rings. The van der Waals surface area contributed by atoms with Gasteiger partial charge in [-0.3, -0.25) is 0 Å². The number of aromatic nitrogens is 2. The summed E-state index contributed by atoms with van der Waals surface area (Å²) < 4.78 is 0.901. The minimum atomic E-state index is 0.206. The third-order valence-corrected chi connectivity index (χ3v) is 3.37. The monoisotopic (exact) mass is 314 g/mol. The van der Waals surface area contributed by atoms with E-state index in [2.05, 4.69) is 25.9 Å². The Hall–Kier alpha value is -2.07. The van der Waals surface area contributed by atoms with Gasteiger partial charge in [0.1, 0.15) is 11.6 Å². The highest BCUT2D eigenvalue weighted by Crippen LogP contribution is 2.31. The van der Waals surface area contributed by atoms with Gasteiger partial charge in [-0.05, 0) is 23.8 Å². The first-order valence-corrected chi connectivity index (χ1v) is 6.62. The molecule has 3 aromatic rings. The molecule has 1 heterocycles. The van der Waals surface area contributed by atoms with Crippen molar-refractivity contribution in [1.82, 2.24) is 9.97 Å². The molecule has 2 aromatic carbocycles. The van der Waals surface area contributed by atoms with Crippen LogP contribution >= 0.6 is 15.9 Å². The van der Waals surface area contributed by atoms with Gasteiger partial charge < -0.3 is 10.1 Å². The van der Waals surface area contributed by atoms with Crippen molar-refractivity contribution in [3.05, 3.63) is 59.2 Å². The number of aromatic hydroxyl groups is 1. The van der Waals surface area contributed by atoms with Gasteiger partial charge in [-0.25, -0.2) is 4.98 Å². The molecule has 0 aliphatic heterocycles. The predicted octanol–water partition coefficient (Wildman–Crippen LogP) is 4.21. The lowest BCUT2D eigenvalue weighted by Crippen LogP contribution is -1.82. The second kappa shape index (κ2) is 4.90. The van der Waals surface area contributed by atoms with Crippen molar-refractivity contribution in [3.63, 3.8) is 0 Å². The maximum atomic E-state index is 9.89. The highest BCUT2D eigenvalue weighted by atomic mass is 79.9. The average molecular weight is 315 g/mol. The van der Waals surface area contributed by atoms with Gasteiger partial charge in [-0.15, -0.1) is 0 Å². The molecule has 1 aromatic heterocycles. The first-order chi connectivity index (χ1) is 9.24. The Morgan fingerprint density at radius 1 is 1.05 bits per heavy atom. The van der Waals surface area contributed by atoms with E-state index in [0.717, 1.165) is 15.7 Å². The fourth-order valence-electron chi connectivity index (χ4n) is 1.92. The number of aromatic amines is 1. The largest absolute Gasteiger partial charge is 0.507 e. The number of halogens is 1. The maximum Gasteiger partial charge on any atom is 0.141 e. The van der Waals surface area contributed by atoms with Gasteiger partial charge in [0.15, 0.2) is 0 Å². The van der Waals surface area contributed by atoms with Crippen LogP contribution in [0.4, 0.5) is 0 Å². The van der Waals surface area contributed by atoms with Crippen molar-refractivity contribution in [2.75, 3.05) is 0 Å². The Morgan fingerprint density at radius 2 is 1.84 bits per heavy atom. The zero-order valence-corrected chi connectivity index (χ0v) is 11.6. The van der Waals surface area contributed by atoms with E-state index in [4.69, 9.17) is 0 Å². The molecule has 3 rings (SSSR count). The van der Waals surface area contributed by atoms with Crippen LogP contribution in [0.1, 0.15) is 0 Å². The maximum absolute atomic E-state index is 9.89. The lowest BCUT2D eigenvalue weighted by atomic mass is 10.2. The zero-order valence-electron chi connectivity index (χ0n) is 9.97. The number of phenolic OH excluding ortho intramolecular Hbond substituents is 1. The van der Waals surface area contributed by atoms with Gasteiger partial charge in [0, 0.05) is 4.47 Å². The van der Waals surface area contributed by atoms with Gasteiger partial charge in [-0.1, -0.05) is 46.3 Å². The fourth-order valence-corrected chi connectivity index (χ4v) is 2.28. The molecule has 0 aliphatic carbocycles. The summed E-state index contributed by atoms with van der Waals surface area (Å²) in [4.78, 5) is 7.55. The third kappa shape index (κ3) is 2.39. The molecule has 4 heteroatoms.